The number of nitrogens with one attached hydrogen (secondary N) is 1. The lowest BCUT2D eigenvalue weighted by Gasteiger charge is -2.12. The molecule has 1 fully saturated rings. The zero-order valence-corrected chi connectivity index (χ0v) is 14.5. The summed E-state index contributed by atoms with van der Waals surface area (Å²) in [4.78, 5) is 19.0. The molecule has 1 N–H and O–H groups in total. The van der Waals surface area contributed by atoms with Gasteiger partial charge >= 0.3 is 0 Å². The van der Waals surface area contributed by atoms with E-state index in [4.69, 9.17) is 4.98 Å². The lowest BCUT2D eigenvalue weighted by Crippen LogP contribution is -2.17. The van der Waals surface area contributed by atoms with E-state index in [-0.39, 0.29) is 5.91 Å². The first-order valence-corrected chi connectivity index (χ1v) is 9.10. The highest BCUT2D eigenvalue weighted by Gasteiger charge is 2.16. The van der Waals surface area contributed by atoms with Crippen LogP contribution in [0.1, 0.15) is 33.1 Å². The van der Waals surface area contributed by atoms with Gasteiger partial charge in [-0.25, -0.2) is 4.98 Å². The van der Waals surface area contributed by atoms with Crippen LogP contribution in [-0.4, -0.2) is 24.0 Å². The number of hydrogen-bond acceptors (Lipinski definition) is 4. The first-order chi connectivity index (χ1) is 11.1. The summed E-state index contributed by atoms with van der Waals surface area (Å²) in [6.07, 6.45) is 3.05. The molecule has 0 radical (unpaired) electrons. The number of amides is 1. The number of nitrogens with zero attached hydrogens (tertiary/aromatic N) is 2. The number of hydrogen-bond donors (Lipinski definition) is 1. The van der Waals surface area contributed by atoms with E-state index in [0.29, 0.717) is 12.3 Å². The number of rotatable bonds is 5. The Morgan fingerprint density at radius 3 is 2.87 bits per heavy atom. The molecule has 4 nitrogen and oxygen atoms in total. The van der Waals surface area contributed by atoms with Gasteiger partial charge < -0.3 is 10.2 Å². The second kappa shape index (κ2) is 7.13. The summed E-state index contributed by atoms with van der Waals surface area (Å²) in [6.45, 7) is 6.31. The Balaban J connectivity index is 1.73. The first-order valence-electron chi connectivity index (χ1n) is 8.22. The van der Waals surface area contributed by atoms with Gasteiger partial charge in [-0.05, 0) is 30.9 Å². The summed E-state index contributed by atoms with van der Waals surface area (Å²) in [5, 5.41) is 6.17. The van der Waals surface area contributed by atoms with E-state index in [1.54, 1.807) is 11.3 Å². The molecule has 0 bridgehead atoms. The normalized spacial score (nSPS) is 14.5. The Bertz CT molecular complexity index is 674. The fourth-order valence-corrected chi connectivity index (χ4v) is 3.68. The summed E-state index contributed by atoms with van der Waals surface area (Å²) < 4.78 is 0. The number of thiazole rings is 1. The van der Waals surface area contributed by atoms with E-state index in [0.717, 1.165) is 35.2 Å². The molecule has 2 aromatic rings. The largest absolute Gasteiger partial charge is 0.348 e. The minimum Gasteiger partial charge on any atom is -0.348 e. The van der Waals surface area contributed by atoms with Crippen LogP contribution in [0, 0.1) is 5.92 Å². The van der Waals surface area contributed by atoms with Crippen LogP contribution in [0.5, 0.6) is 0 Å². The molecule has 1 saturated heterocycles. The predicted octanol–water partition coefficient (Wildman–Crippen LogP) is 4.39. The van der Waals surface area contributed by atoms with Gasteiger partial charge in [-0.1, -0.05) is 26.0 Å². The Hall–Kier alpha value is -1.88. The Labute approximate surface area is 141 Å². The second-order valence-corrected chi connectivity index (χ2v) is 7.27. The average Bonchev–Trinajstić information content (AvgIpc) is 3.18. The highest BCUT2D eigenvalue weighted by molar-refractivity contribution is 7.14. The fourth-order valence-electron chi connectivity index (χ4n) is 2.79. The molecule has 0 saturated carbocycles. The van der Waals surface area contributed by atoms with E-state index in [9.17, 15) is 4.79 Å². The van der Waals surface area contributed by atoms with Crippen LogP contribution in [0.3, 0.4) is 0 Å². The summed E-state index contributed by atoms with van der Waals surface area (Å²) in [7, 11) is 0. The molecular formula is C18H23N3OS. The summed E-state index contributed by atoms with van der Waals surface area (Å²) >= 11 is 1.70. The van der Waals surface area contributed by atoms with Crippen molar-refractivity contribution >= 4 is 28.1 Å². The zero-order valence-electron chi connectivity index (χ0n) is 13.7. The third-order valence-corrected chi connectivity index (χ3v) is 4.81. The lowest BCUT2D eigenvalue weighted by molar-refractivity contribution is -0.116. The molecule has 1 aliphatic rings. The highest BCUT2D eigenvalue weighted by Crippen LogP contribution is 2.30. The molecule has 0 aliphatic carbocycles. The molecule has 0 unspecified atom stereocenters. The summed E-state index contributed by atoms with van der Waals surface area (Å²) in [6, 6.07) is 7.94. The highest BCUT2D eigenvalue weighted by atomic mass is 32.1. The van der Waals surface area contributed by atoms with E-state index < -0.39 is 0 Å². The van der Waals surface area contributed by atoms with Crippen molar-refractivity contribution in [1.29, 1.82) is 0 Å². The van der Waals surface area contributed by atoms with Gasteiger partial charge in [-0.15, -0.1) is 11.3 Å². The van der Waals surface area contributed by atoms with Crippen LogP contribution >= 0.6 is 11.3 Å². The SMILES string of the molecule is CC(C)CC(=O)Nc1cccc(-c2csc(N3CCCC3)n2)c1. The predicted molar refractivity (Wildman–Crippen MR) is 97.1 cm³/mol. The van der Waals surface area contributed by atoms with Gasteiger partial charge in [0, 0.05) is 36.1 Å². The van der Waals surface area contributed by atoms with Crippen LogP contribution in [0.25, 0.3) is 11.3 Å². The molecule has 23 heavy (non-hydrogen) atoms. The molecule has 1 amide bonds. The van der Waals surface area contributed by atoms with Crippen LogP contribution in [0.4, 0.5) is 10.8 Å². The topological polar surface area (TPSA) is 45.2 Å². The van der Waals surface area contributed by atoms with Gasteiger partial charge in [0.25, 0.3) is 0 Å². The van der Waals surface area contributed by atoms with Crippen molar-refractivity contribution in [2.45, 2.75) is 33.1 Å². The average molecular weight is 329 g/mol. The molecule has 0 atom stereocenters. The summed E-state index contributed by atoms with van der Waals surface area (Å²) in [5.74, 6) is 0.424. The van der Waals surface area contributed by atoms with Crippen molar-refractivity contribution in [1.82, 2.24) is 4.98 Å². The van der Waals surface area contributed by atoms with E-state index >= 15 is 0 Å². The number of anilines is 2. The molecule has 1 aromatic heterocycles. The zero-order chi connectivity index (χ0) is 16.2. The smallest absolute Gasteiger partial charge is 0.224 e. The Morgan fingerprint density at radius 1 is 1.35 bits per heavy atom. The first kappa shape index (κ1) is 16.0. The third-order valence-electron chi connectivity index (χ3n) is 3.90. The molecular weight excluding hydrogens is 306 g/mol. The molecule has 2 heterocycles. The van der Waals surface area contributed by atoms with E-state index in [2.05, 4.69) is 15.6 Å². The van der Waals surface area contributed by atoms with Crippen molar-refractivity contribution in [3.8, 4) is 11.3 Å². The molecule has 122 valence electrons. The van der Waals surface area contributed by atoms with Crippen molar-refractivity contribution in [2.75, 3.05) is 23.3 Å². The second-order valence-electron chi connectivity index (χ2n) is 6.44. The summed E-state index contributed by atoms with van der Waals surface area (Å²) in [5.41, 5.74) is 2.87. The van der Waals surface area contributed by atoms with Crippen LogP contribution in [0.2, 0.25) is 0 Å². The number of aromatic nitrogens is 1. The van der Waals surface area contributed by atoms with Crippen molar-refractivity contribution in [2.24, 2.45) is 5.92 Å². The van der Waals surface area contributed by atoms with Gasteiger partial charge in [-0.2, -0.15) is 0 Å². The van der Waals surface area contributed by atoms with Gasteiger partial charge in [-0.3, -0.25) is 4.79 Å². The molecule has 3 rings (SSSR count). The Kier molecular flexibility index (Phi) is 4.96. The fraction of sp³-hybridized carbons (Fsp3) is 0.444. The Morgan fingerprint density at radius 2 is 2.13 bits per heavy atom. The number of benzene rings is 1. The van der Waals surface area contributed by atoms with Crippen LogP contribution in [0.15, 0.2) is 29.6 Å². The lowest BCUT2D eigenvalue weighted by atomic mass is 10.1. The van der Waals surface area contributed by atoms with Gasteiger partial charge in [0.2, 0.25) is 5.91 Å². The standard InChI is InChI=1S/C18H23N3OS/c1-13(2)10-17(22)19-15-7-5-6-14(11-15)16-12-23-18(20-16)21-8-3-4-9-21/h5-7,11-13H,3-4,8-10H2,1-2H3,(H,19,22). The quantitative estimate of drug-likeness (QED) is 0.884. The van der Waals surface area contributed by atoms with Gasteiger partial charge in [0.05, 0.1) is 5.69 Å². The van der Waals surface area contributed by atoms with Crippen molar-refractivity contribution < 1.29 is 4.79 Å². The van der Waals surface area contributed by atoms with Crippen LogP contribution in [-0.2, 0) is 4.79 Å². The van der Waals surface area contributed by atoms with E-state index in [1.165, 1.54) is 12.8 Å². The van der Waals surface area contributed by atoms with Crippen molar-refractivity contribution in [3.05, 3.63) is 29.6 Å². The molecule has 0 spiro atoms. The number of carbonyl (C=O) groups is 1. The maximum atomic E-state index is 11.9. The maximum absolute atomic E-state index is 11.9. The molecule has 1 aromatic carbocycles. The minimum absolute atomic E-state index is 0.0631. The van der Waals surface area contributed by atoms with Gasteiger partial charge in [0.15, 0.2) is 5.13 Å². The minimum atomic E-state index is 0.0631. The molecule has 1 aliphatic heterocycles. The monoisotopic (exact) mass is 329 g/mol. The number of carbonyl (C=O) groups excluding carboxylic acids is 1. The van der Waals surface area contributed by atoms with Gasteiger partial charge in [0.1, 0.15) is 0 Å². The molecule has 5 heteroatoms. The van der Waals surface area contributed by atoms with E-state index in [1.807, 2.05) is 38.1 Å². The third kappa shape index (κ3) is 4.10. The van der Waals surface area contributed by atoms with Crippen LogP contribution < -0.4 is 10.2 Å². The van der Waals surface area contributed by atoms with Crippen molar-refractivity contribution in [3.63, 3.8) is 0 Å². The maximum Gasteiger partial charge on any atom is 0.224 e.